The van der Waals surface area contributed by atoms with Crippen LogP contribution >= 0.6 is 7.92 Å². The molecular weight excluding hydrogens is 407 g/mol. The Bertz CT molecular complexity index is 771. The zero-order valence-electron chi connectivity index (χ0n) is 20.5. The van der Waals surface area contributed by atoms with Crippen molar-refractivity contribution in [1.29, 1.82) is 0 Å². The first-order valence-corrected chi connectivity index (χ1v) is 12.7. The van der Waals surface area contributed by atoms with Gasteiger partial charge in [0.05, 0.1) is 28.4 Å². The Morgan fingerprint density at radius 1 is 0.742 bits per heavy atom. The van der Waals surface area contributed by atoms with Crippen LogP contribution in [0.3, 0.4) is 0 Å². The maximum absolute atomic E-state index is 5.69. The standard InChI is InChI=1S/C26H39O4P/c1-19(15-26(2,3)4)16-31(17-20-9-11-22(27-5)13-24(20)29-7)18-21-10-12-23(28-6)14-25(21)30-8/h9-14,19H,15-18H2,1-8H3. The number of hydrogen-bond donors (Lipinski definition) is 0. The Labute approximate surface area is 190 Å². The third kappa shape index (κ3) is 7.92. The Kier molecular flexibility index (Phi) is 9.50. The molecule has 0 aromatic heterocycles. The molecule has 5 heteroatoms. The largest absolute Gasteiger partial charge is 0.497 e. The van der Waals surface area contributed by atoms with E-state index in [-0.39, 0.29) is 7.92 Å². The first-order valence-electron chi connectivity index (χ1n) is 10.8. The Balaban J connectivity index is 2.31. The molecule has 31 heavy (non-hydrogen) atoms. The first kappa shape index (κ1) is 25.3. The molecule has 1 unspecified atom stereocenters. The quantitative estimate of drug-likeness (QED) is 0.349. The highest BCUT2D eigenvalue weighted by atomic mass is 31.1. The van der Waals surface area contributed by atoms with Crippen LogP contribution < -0.4 is 18.9 Å². The predicted octanol–water partition coefficient (Wildman–Crippen LogP) is 6.98. The van der Waals surface area contributed by atoms with E-state index in [9.17, 15) is 0 Å². The van der Waals surface area contributed by atoms with Gasteiger partial charge in [-0.15, -0.1) is 0 Å². The molecule has 1 atom stereocenters. The van der Waals surface area contributed by atoms with Gasteiger partial charge in [-0.25, -0.2) is 0 Å². The van der Waals surface area contributed by atoms with Crippen LogP contribution in [0.25, 0.3) is 0 Å². The average molecular weight is 447 g/mol. The van der Waals surface area contributed by atoms with Crippen LogP contribution in [0.2, 0.25) is 0 Å². The van der Waals surface area contributed by atoms with Gasteiger partial charge in [0.1, 0.15) is 23.0 Å². The van der Waals surface area contributed by atoms with Crippen molar-refractivity contribution in [3.05, 3.63) is 47.5 Å². The van der Waals surface area contributed by atoms with Gasteiger partial charge in [-0.05, 0) is 59.5 Å². The molecule has 0 aliphatic carbocycles. The summed E-state index contributed by atoms with van der Waals surface area (Å²) in [5, 5.41) is 0. The lowest BCUT2D eigenvalue weighted by molar-refractivity contribution is 0.322. The van der Waals surface area contributed by atoms with Crippen LogP contribution in [-0.4, -0.2) is 34.6 Å². The highest BCUT2D eigenvalue weighted by molar-refractivity contribution is 7.56. The van der Waals surface area contributed by atoms with E-state index >= 15 is 0 Å². The van der Waals surface area contributed by atoms with Crippen molar-refractivity contribution in [3.63, 3.8) is 0 Å². The fraction of sp³-hybridized carbons (Fsp3) is 0.538. The molecule has 0 aliphatic rings. The summed E-state index contributed by atoms with van der Waals surface area (Å²) in [5.41, 5.74) is 2.81. The monoisotopic (exact) mass is 446 g/mol. The van der Waals surface area contributed by atoms with Gasteiger partial charge < -0.3 is 18.9 Å². The molecule has 0 bridgehead atoms. The Morgan fingerprint density at radius 2 is 1.19 bits per heavy atom. The van der Waals surface area contributed by atoms with E-state index in [1.807, 2.05) is 24.3 Å². The van der Waals surface area contributed by atoms with Gasteiger partial charge in [-0.3, -0.25) is 0 Å². The van der Waals surface area contributed by atoms with Crippen LogP contribution in [0.4, 0.5) is 0 Å². The lowest BCUT2D eigenvalue weighted by Gasteiger charge is -2.28. The molecule has 0 N–H and O–H groups in total. The van der Waals surface area contributed by atoms with Gasteiger partial charge in [-0.2, -0.15) is 0 Å². The highest BCUT2D eigenvalue weighted by Gasteiger charge is 2.22. The summed E-state index contributed by atoms with van der Waals surface area (Å²) in [6.07, 6.45) is 4.43. The van der Waals surface area contributed by atoms with Crippen molar-refractivity contribution in [3.8, 4) is 23.0 Å². The highest BCUT2D eigenvalue weighted by Crippen LogP contribution is 2.49. The second-order valence-corrected chi connectivity index (χ2v) is 11.7. The van der Waals surface area contributed by atoms with E-state index in [1.54, 1.807) is 28.4 Å². The summed E-state index contributed by atoms with van der Waals surface area (Å²) in [4.78, 5) is 0. The molecule has 0 aliphatic heterocycles. The van der Waals surface area contributed by atoms with Gasteiger partial charge in [0.15, 0.2) is 0 Å². The van der Waals surface area contributed by atoms with Crippen LogP contribution in [0.5, 0.6) is 23.0 Å². The summed E-state index contributed by atoms with van der Waals surface area (Å²) in [6, 6.07) is 12.3. The SMILES string of the molecule is COc1ccc(CP(Cc2ccc(OC)cc2OC)CC(C)CC(C)(C)C)c(OC)c1. The summed E-state index contributed by atoms with van der Waals surface area (Å²) in [7, 11) is 6.52. The molecule has 0 saturated heterocycles. The summed E-state index contributed by atoms with van der Waals surface area (Å²) in [5.74, 6) is 4.10. The second-order valence-electron chi connectivity index (χ2n) is 9.40. The van der Waals surface area contributed by atoms with Crippen LogP contribution in [0, 0.1) is 11.3 Å². The zero-order valence-corrected chi connectivity index (χ0v) is 21.3. The van der Waals surface area contributed by atoms with E-state index in [0.29, 0.717) is 11.3 Å². The fourth-order valence-corrected chi connectivity index (χ4v) is 7.05. The molecule has 0 heterocycles. The third-order valence-corrected chi connectivity index (χ3v) is 8.02. The fourth-order valence-electron chi connectivity index (χ4n) is 4.18. The number of benzene rings is 2. The van der Waals surface area contributed by atoms with Crippen molar-refractivity contribution in [1.82, 2.24) is 0 Å². The third-order valence-electron chi connectivity index (χ3n) is 5.31. The lowest BCUT2D eigenvalue weighted by atomic mass is 9.86. The molecule has 0 amide bonds. The number of rotatable bonds is 11. The van der Waals surface area contributed by atoms with Crippen molar-refractivity contribution in [2.24, 2.45) is 11.3 Å². The van der Waals surface area contributed by atoms with Crippen LogP contribution in [-0.2, 0) is 12.3 Å². The van der Waals surface area contributed by atoms with Crippen molar-refractivity contribution >= 4 is 7.92 Å². The number of methoxy groups -OCH3 is 4. The second kappa shape index (κ2) is 11.6. The number of hydrogen-bond acceptors (Lipinski definition) is 4. The van der Waals surface area contributed by atoms with Crippen molar-refractivity contribution < 1.29 is 18.9 Å². The van der Waals surface area contributed by atoms with E-state index in [2.05, 4.69) is 39.8 Å². The maximum Gasteiger partial charge on any atom is 0.126 e. The molecule has 0 saturated carbocycles. The van der Waals surface area contributed by atoms with Crippen LogP contribution in [0.15, 0.2) is 36.4 Å². The van der Waals surface area contributed by atoms with Gasteiger partial charge in [-0.1, -0.05) is 47.7 Å². The average Bonchev–Trinajstić information content (AvgIpc) is 2.72. The Morgan fingerprint density at radius 3 is 1.55 bits per heavy atom. The molecule has 2 aromatic rings. The smallest absolute Gasteiger partial charge is 0.126 e. The van der Waals surface area contributed by atoms with Gasteiger partial charge >= 0.3 is 0 Å². The summed E-state index contributed by atoms with van der Waals surface area (Å²) in [6.45, 7) is 9.36. The molecule has 2 aromatic carbocycles. The van der Waals surface area contributed by atoms with Crippen molar-refractivity contribution in [2.45, 2.75) is 46.4 Å². The molecule has 0 spiro atoms. The normalized spacial score (nSPS) is 12.5. The molecule has 0 fully saturated rings. The van der Waals surface area contributed by atoms with Gasteiger partial charge in [0.25, 0.3) is 0 Å². The van der Waals surface area contributed by atoms with Gasteiger partial charge in [0.2, 0.25) is 0 Å². The van der Waals surface area contributed by atoms with Crippen molar-refractivity contribution in [2.75, 3.05) is 34.6 Å². The van der Waals surface area contributed by atoms with Crippen LogP contribution in [0.1, 0.15) is 45.2 Å². The lowest BCUT2D eigenvalue weighted by Crippen LogP contribution is -2.14. The maximum atomic E-state index is 5.69. The first-order chi connectivity index (χ1) is 14.7. The summed E-state index contributed by atoms with van der Waals surface area (Å²) >= 11 is 0. The summed E-state index contributed by atoms with van der Waals surface area (Å²) < 4.78 is 22.1. The predicted molar refractivity (Wildman–Crippen MR) is 132 cm³/mol. The molecule has 4 nitrogen and oxygen atoms in total. The minimum Gasteiger partial charge on any atom is -0.497 e. The topological polar surface area (TPSA) is 36.9 Å². The van der Waals surface area contributed by atoms with Gasteiger partial charge in [0, 0.05) is 12.1 Å². The zero-order chi connectivity index (χ0) is 23.0. The number of ether oxygens (including phenoxy) is 4. The minimum atomic E-state index is -0.319. The van der Waals surface area contributed by atoms with E-state index in [0.717, 1.165) is 35.3 Å². The molecule has 0 radical (unpaired) electrons. The molecule has 172 valence electrons. The van der Waals surface area contributed by atoms with E-state index in [1.165, 1.54) is 23.7 Å². The molecule has 2 rings (SSSR count). The minimum absolute atomic E-state index is 0.319. The van der Waals surface area contributed by atoms with E-state index in [4.69, 9.17) is 18.9 Å². The molecular formula is C26H39O4P. The Hall–Kier alpha value is -1.93. The van der Waals surface area contributed by atoms with E-state index < -0.39 is 0 Å².